The van der Waals surface area contributed by atoms with E-state index in [1.54, 1.807) is 0 Å². The Morgan fingerprint density at radius 3 is 1.46 bits per heavy atom. The van der Waals surface area contributed by atoms with Gasteiger partial charge in [-0.05, 0) is 177 Å². The number of rotatable bonds is 3. The topological polar surface area (TPSA) is 279 Å². The Morgan fingerprint density at radius 2 is 0.806 bits per heavy atom. The van der Waals surface area contributed by atoms with Gasteiger partial charge in [-0.2, -0.15) is 0 Å². The van der Waals surface area contributed by atoms with Gasteiger partial charge < -0.3 is 60.5 Å². The fraction of sp³-hybridized carbons (Fsp3) is 0.947. The lowest BCUT2D eigenvalue weighted by Gasteiger charge is -2.88. The van der Waals surface area contributed by atoms with Crippen molar-refractivity contribution >= 4 is 17.9 Å². The minimum atomic E-state index is -1.77. The van der Waals surface area contributed by atoms with E-state index < -0.39 is 194 Å². The smallest absolute Gasteiger partial charge is 0.307 e. The molecule has 10 N–H and O–H groups in total. The highest BCUT2D eigenvalue weighted by molar-refractivity contribution is 5.74. The van der Waals surface area contributed by atoms with Crippen LogP contribution >= 0.6 is 0 Å². The number of carboxylic acids is 3. The predicted molar refractivity (Wildman–Crippen MR) is 237 cm³/mol. The maximum absolute atomic E-state index is 16.0. The molecule has 21 fully saturated rings. The van der Waals surface area contributed by atoms with E-state index >= 15 is 15.3 Å². The summed E-state index contributed by atoms with van der Waals surface area (Å²) in [5.74, 6) is -19.1. The Labute approximate surface area is 415 Å². The standard InChI is InChI=1S/C57H68O15/c58-39-14-3-1-12-24(49(64)65)13-2-4-16-29-28(13)36-27(12)26(14)32-30-15(39)5-6-19-34(30)54-35-21(40(19)59)11-20(48(62)63)31-33(35)38-47-56(54,71-54)45(32)53(36,70)46-37(29)51(68)22(41(16)60)9-7-17-25(50(66)67)18-8-10-23(42(31)61)52(38,69)44(18)55(43(17)51)57(46,47)72-55/h12-47,58-61,68-70H,1-11H2,(H,62,63)(H,64,65)(H,66,67)/t12-,13+,14-,15+,16+,17-,18+,19-,20-,21+,22+,23-,24?,25?,26?,27?,28?,29?,30?,31?,32?,33?,34?,35?,36?,37?,38?,39?,40?,41?,42?,43?,44?,45?,46?,47?,51?,52?,53?,54?,55?,56?,57?/m1/s1. The van der Waals surface area contributed by atoms with Crippen molar-refractivity contribution in [3.8, 4) is 0 Å². The number of ether oxygens (including phenoxy) is 2. The van der Waals surface area contributed by atoms with Crippen LogP contribution in [0.3, 0.4) is 0 Å². The van der Waals surface area contributed by atoms with Crippen molar-refractivity contribution in [3.05, 3.63) is 0 Å². The zero-order chi connectivity index (χ0) is 48.2. The number of aliphatic carboxylic acids is 3. The first kappa shape index (κ1) is 41.2. The molecule has 0 bridgehead atoms. The molecule has 0 aromatic heterocycles. The van der Waals surface area contributed by atoms with Gasteiger partial charge in [-0.15, -0.1) is 0 Å². The van der Waals surface area contributed by atoms with Gasteiger partial charge in [0.25, 0.3) is 0 Å². The lowest BCUT2D eigenvalue weighted by atomic mass is 9.15. The average Bonchev–Trinajstić information content (AvgIpc) is 4.27. The Morgan fingerprint density at radius 1 is 0.347 bits per heavy atom. The van der Waals surface area contributed by atoms with Crippen LogP contribution in [0.4, 0.5) is 0 Å². The Hall–Kier alpha value is -1.95. The van der Waals surface area contributed by atoms with Gasteiger partial charge in [0.1, 0.15) is 22.4 Å². The largest absolute Gasteiger partial charge is 0.481 e. The second kappa shape index (κ2) is 11.1. The van der Waals surface area contributed by atoms with Crippen LogP contribution < -0.4 is 0 Å². The van der Waals surface area contributed by atoms with Crippen LogP contribution in [0.1, 0.15) is 70.6 Å². The molecule has 72 heavy (non-hydrogen) atoms. The Bertz CT molecular complexity index is 2760. The minimum Gasteiger partial charge on any atom is -0.481 e. The molecular weight excluding hydrogens is 925 g/mol. The van der Waals surface area contributed by atoms with Crippen molar-refractivity contribution in [2.75, 3.05) is 0 Å². The van der Waals surface area contributed by atoms with Crippen LogP contribution in [-0.4, -0.2) is 133 Å². The number of hydrogen-bond donors (Lipinski definition) is 10. The molecule has 0 radical (unpaired) electrons. The van der Waals surface area contributed by atoms with Gasteiger partial charge in [-0.1, -0.05) is 0 Å². The summed E-state index contributed by atoms with van der Waals surface area (Å²) in [6, 6.07) is 0. The molecule has 15 nitrogen and oxygen atoms in total. The lowest BCUT2D eigenvalue weighted by molar-refractivity contribution is -0.445. The SMILES string of the molecule is O=C(O)C1[C@@H]2CC[C@H]3C4C2C2C5C6C7C8C9[C@@H](CC[C@@H]8C(O)[C@@H]6CC[C@@H]51)C(O)[C@H]1C[C@@H](C(=O)O)C5C6C8C%10C%11(OC9%11C61)C7C2(O)C1C4C2(O)C4[C@H](CC[C@H]2C3O)C(C(=O)O)[C@@H]2CC[C@H](C5O)C8(O)C2C42OC1%102. The van der Waals surface area contributed by atoms with Crippen LogP contribution in [0.5, 0.6) is 0 Å². The summed E-state index contributed by atoms with van der Waals surface area (Å²) in [6.45, 7) is 0. The Balaban J connectivity index is 0.942. The van der Waals surface area contributed by atoms with Gasteiger partial charge in [0.2, 0.25) is 0 Å². The summed E-state index contributed by atoms with van der Waals surface area (Å²) in [5, 5.41) is 134. The van der Waals surface area contributed by atoms with Gasteiger partial charge in [0, 0.05) is 65.1 Å². The molecule has 43 atom stereocenters. The molecule has 2 aliphatic heterocycles. The van der Waals surface area contributed by atoms with Crippen molar-refractivity contribution in [2.24, 2.45) is 189 Å². The molecule has 0 amide bonds. The summed E-state index contributed by atoms with van der Waals surface area (Å²) in [7, 11) is 0. The highest BCUT2D eigenvalue weighted by Crippen LogP contribution is 3.01. The molecule has 19 aliphatic carbocycles. The van der Waals surface area contributed by atoms with E-state index in [0.29, 0.717) is 64.2 Å². The number of epoxide rings is 2. The molecule has 2 saturated heterocycles. The van der Waals surface area contributed by atoms with Gasteiger partial charge in [-0.3, -0.25) is 14.4 Å². The van der Waals surface area contributed by atoms with Gasteiger partial charge >= 0.3 is 17.9 Å². The van der Waals surface area contributed by atoms with Crippen molar-refractivity contribution < 1.29 is 74.9 Å². The first-order valence-electron chi connectivity index (χ1n) is 29.5. The Kier molecular flexibility index (Phi) is 6.33. The maximum atomic E-state index is 16.0. The fourth-order valence-corrected chi connectivity index (χ4v) is 32.6. The molecule has 0 aromatic carbocycles. The summed E-state index contributed by atoms with van der Waals surface area (Å²) in [5.41, 5.74) is -9.76. The molecule has 31 unspecified atom stereocenters. The van der Waals surface area contributed by atoms with E-state index in [-0.39, 0.29) is 83.4 Å². The third kappa shape index (κ3) is 3.16. The lowest BCUT2D eigenvalue weighted by Crippen LogP contribution is -2.97. The quantitative estimate of drug-likeness (QED) is 0.178. The van der Waals surface area contributed by atoms with E-state index in [2.05, 4.69) is 0 Å². The summed E-state index contributed by atoms with van der Waals surface area (Å²) in [6.07, 6.45) is 1.80. The number of carboxylic acid groups (broad SMARTS) is 3. The van der Waals surface area contributed by atoms with Gasteiger partial charge in [-0.25, -0.2) is 0 Å². The summed E-state index contributed by atoms with van der Waals surface area (Å²) in [4.78, 5) is 42.7. The first-order chi connectivity index (χ1) is 34.5. The third-order valence-electron chi connectivity index (χ3n) is 31.7. The highest BCUT2D eigenvalue weighted by atomic mass is 16.7. The van der Waals surface area contributed by atoms with E-state index in [1.807, 2.05) is 0 Å². The maximum Gasteiger partial charge on any atom is 0.307 e. The summed E-state index contributed by atoms with van der Waals surface area (Å²) >= 11 is 0. The molecule has 4 spiro atoms. The second-order valence-corrected chi connectivity index (χ2v) is 30.6. The van der Waals surface area contributed by atoms with Crippen molar-refractivity contribution in [1.29, 1.82) is 0 Å². The van der Waals surface area contributed by atoms with E-state index in [1.165, 1.54) is 0 Å². The molecule has 21 rings (SSSR count). The second-order valence-electron chi connectivity index (χ2n) is 30.6. The van der Waals surface area contributed by atoms with Crippen LogP contribution in [0.25, 0.3) is 0 Å². The van der Waals surface area contributed by atoms with Crippen molar-refractivity contribution in [2.45, 2.75) is 134 Å². The van der Waals surface area contributed by atoms with Gasteiger partial charge in [0.05, 0.1) is 59.0 Å². The van der Waals surface area contributed by atoms with Crippen molar-refractivity contribution in [3.63, 3.8) is 0 Å². The fourth-order valence-electron chi connectivity index (χ4n) is 32.6. The molecule has 15 heteroatoms. The number of hydrogen-bond acceptors (Lipinski definition) is 12. The number of aliphatic hydroxyl groups excluding tert-OH is 4. The van der Waals surface area contributed by atoms with Crippen molar-refractivity contribution in [1.82, 2.24) is 0 Å². The average molecular weight is 993 g/mol. The van der Waals surface area contributed by atoms with Crippen LogP contribution in [0.15, 0.2) is 0 Å². The van der Waals surface area contributed by atoms with Gasteiger partial charge in [0.15, 0.2) is 0 Å². The van der Waals surface area contributed by atoms with Crippen LogP contribution in [0, 0.1) is 189 Å². The molecule has 2 heterocycles. The molecular formula is C57H68O15. The monoisotopic (exact) mass is 992 g/mol. The van der Waals surface area contributed by atoms with E-state index in [9.17, 15) is 50.1 Å². The molecule has 0 aromatic rings. The van der Waals surface area contributed by atoms with Crippen LogP contribution in [-0.2, 0) is 23.9 Å². The normalized spacial score (nSPS) is 78.2. The zero-order valence-electron chi connectivity index (χ0n) is 40.1. The third-order valence-corrected chi connectivity index (χ3v) is 31.7. The summed E-state index contributed by atoms with van der Waals surface area (Å²) < 4.78 is 16.6. The molecule has 21 aliphatic rings. The van der Waals surface area contributed by atoms with E-state index in [4.69, 9.17) is 9.47 Å². The number of aliphatic hydroxyl groups is 7. The number of carbonyl (C=O) groups is 3. The predicted octanol–water partition coefficient (Wildman–Crippen LogP) is 1.16. The first-order valence-corrected chi connectivity index (χ1v) is 29.5. The molecule has 19 saturated carbocycles. The van der Waals surface area contributed by atoms with Crippen LogP contribution in [0.2, 0.25) is 0 Å². The minimum absolute atomic E-state index is 0.128. The zero-order valence-corrected chi connectivity index (χ0v) is 40.1. The van der Waals surface area contributed by atoms with E-state index in [0.717, 1.165) is 0 Å². The molecule has 386 valence electrons. The highest BCUT2D eigenvalue weighted by Gasteiger charge is 3.11.